The Morgan fingerprint density at radius 2 is 1.94 bits per heavy atom. The minimum atomic E-state index is -3.10. The summed E-state index contributed by atoms with van der Waals surface area (Å²) in [6.07, 6.45) is 1.18. The zero-order valence-electron chi connectivity index (χ0n) is 9.86. The number of rotatable bonds is 3. The minimum Gasteiger partial charge on any atom is -0.317 e. The molecule has 100 valence electrons. The van der Waals surface area contributed by atoms with Crippen LogP contribution >= 0.6 is 15.9 Å². The highest BCUT2D eigenvalue weighted by atomic mass is 79.9. The maximum Gasteiger partial charge on any atom is 0.276 e. The van der Waals surface area contributed by atoms with Crippen LogP contribution in [0.25, 0.3) is 0 Å². The van der Waals surface area contributed by atoms with Gasteiger partial charge in [0.2, 0.25) is 0 Å². The van der Waals surface area contributed by atoms with Crippen molar-refractivity contribution < 1.29 is 13.2 Å². The monoisotopic (exact) mass is 321 g/mol. The van der Waals surface area contributed by atoms with Crippen molar-refractivity contribution in [2.24, 2.45) is 5.92 Å². The Labute approximate surface area is 113 Å². The lowest BCUT2D eigenvalue weighted by atomic mass is 9.89. The zero-order chi connectivity index (χ0) is 13.2. The highest BCUT2D eigenvalue weighted by Crippen LogP contribution is 2.39. The summed E-state index contributed by atoms with van der Waals surface area (Å²) in [5.41, 5.74) is -0.504. The number of hydrogen-bond acceptors (Lipinski definition) is 1. The maximum atomic E-state index is 14.1. The first-order valence-electron chi connectivity index (χ1n) is 6.03. The predicted molar refractivity (Wildman–Crippen MR) is 68.2 cm³/mol. The molecule has 1 aromatic rings. The summed E-state index contributed by atoms with van der Waals surface area (Å²) in [6, 6.07) is 3.69. The summed E-state index contributed by atoms with van der Waals surface area (Å²) < 4.78 is 42.2. The topological polar surface area (TPSA) is 12.0 Å². The standard InChI is InChI=1S/C13H15BrF3N/c14-10-1-2-12(15)11(7-10)13(16,17)8-9-3-5-18-6-4-9/h1-2,7,9,18H,3-6,8H2. The van der Waals surface area contributed by atoms with E-state index in [2.05, 4.69) is 21.2 Å². The minimum absolute atomic E-state index is 0.0420. The Kier molecular flexibility index (Phi) is 4.33. The molecule has 0 bridgehead atoms. The third-order valence-corrected chi connectivity index (χ3v) is 3.82. The molecule has 0 saturated carbocycles. The fourth-order valence-corrected chi connectivity index (χ4v) is 2.70. The molecular weight excluding hydrogens is 307 g/mol. The molecule has 18 heavy (non-hydrogen) atoms. The van der Waals surface area contributed by atoms with Crippen molar-refractivity contribution in [2.45, 2.75) is 25.2 Å². The average Bonchev–Trinajstić information content (AvgIpc) is 2.33. The van der Waals surface area contributed by atoms with Crippen molar-refractivity contribution in [3.05, 3.63) is 34.1 Å². The first-order valence-corrected chi connectivity index (χ1v) is 6.82. The van der Waals surface area contributed by atoms with Crippen LogP contribution in [0.4, 0.5) is 13.2 Å². The molecule has 1 aliphatic heterocycles. The molecule has 0 radical (unpaired) electrons. The molecule has 5 heteroatoms. The van der Waals surface area contributed by atoms with Crippen LogP contribution in [0.2, 0.25) is 0 Å². The first-order chi connectivity index (χ1) is 8.49. The van der Waals surface area contributed by atoms with Crippen molar-refractivity contribution in [3.63, 3.8) is 0 Å². The lowest BCUT2D eigenvalue weighted by molar-refractivity contribution is -0.0357. The van der Waals surface area contributed by atoms with Crippen LogP contribution in [0.5, 0.6) is 0 Å². The van der Waals surface area contributed by atoms with Gasteiger partial charge in [-0.05, 0) is 50.0 Å². The summed E-state index contributed by atoms with van der Waals surface area (Å²) in [4.78, 5) is 0. The number of halogens is 4. The van der Waals surface area contributed by atoms with Crippen LogP contribution in [0.3, 0.4) is 0 Å². The zero-order valence-corrected chi connectivity index (χ0v) is 11.4. The molecule has 1 aromatic carbocycles. The van der Waals surface area contributed by atoms with Gasteiger partial charge < -0.3 is 5.32 Å². The van der Waals surface area contributed by atoms with Crippen molar-refractivity contribution in [1.29, 1.82) is 0 Å². The molecule has 1 fully saturated rings. The largest absolute Gasteiger partial charge is 0.317 e. The molecule has 0 spiro atoms. The van der Waals surface area contributed by atoms with Crippen molar-refractivity contribution >= 4 is 15.9 Å². The van der Waals surface area contributed by atoms with E-state index in [0.29, 0.717) is 4.47 Å². The predicted octanol–water partition coefficient (Wildman–Crippen LogP) is 4.07. The number of piperidine rings is 1. The Morgan fingerprint density at radius 3 is 2.61 bits per heavy atom. The Hall–Kier alpha value is -0.550. The van der Waals surface area contributed by atoms with Crippen LogP contribution in [0.1, 0.15) is 24.8 Å². The molecule has 1 heterocycles. The van der Waals surface area contributed by atoms with E-state index in [9.17, 15) is 13.2 Å². The fourth-order valence-electron chi connectivity index (χ4n) is 2.34. The third kappa shape index (κ3) is 3.26. The van der Waals surface area contributed by atoms with E-state index in [1.807, 2.05) is 0 Å². The van der Waals surface area contributed by atoms with Crippen LogP contribution in [-0.4, -0.2) is 13.1 Å². The van der Waals surface area contributed by atoms with Crippen molar-refractivity contribution in [1.82, 2.24) is 5.32 Å². The summed E-state index contributed by atoms with van der Waals surface area (Å²) in [7, 11) is 0. The third-order valence-electron chi connectivity index (χ3n) is 3.33. The molecule has 0 aliphatic carbocycles. The summed E-state index contributed by atoms with van der Waals surface area (Å²) in [5.74, 6) is -3.98. The number of benzene rings is 1. The van der Waals surface area contributed by atoms with Gasteiger partial charge in [0.25, 0.3) is 5.92 Å². The van der Waals surface area contributed by atoms with Gasteiger partial charge in [-0.3, -0.25) is 0 Å². The molecule has 0 unspecified atom stereocenters. The summed E-state index contributed by atoms with van der Waals surface area (Å²) in [6.45, 7) is 1.53. The average molecular weight is 322 g/mol. The Bertz CT molecular complexity index is 417. The van der Waals surface area contributed by atoms with E-state index in [0.717, 1.165) is 32.0 Å². The van der Waals surface area contributed by atoms with Gasteiger partial charge in [-0.2, -0.15) is 0 Å². The normalized spacial score (nSPS) is 18.0. The highest BCUT2D eigenvalue weighted by molar-refractivity contribution is 9.10. The van der Waals surface area contributed by atoms with Gasteiger partial charge in [-0.15, -0.1) is 0 Å². The molecule has 0 aromatic heterocycles. The molecule has 1 nitrogen and oxygen atoms in total. The molecule has 1 N–H and O–H groups in total. The molecule has 2 rings (SSSR count). The van der Waals surface area contributed by atoms with Gasteiger partial charge >= 0.3 is 0 Å². The molecule has 0 amide bonds. The van der Waals surface area contributed by atoms with Crippen LogP contribution in [-0.2, 0) is 5.92 Å². The quantitative estimate of drug-likeness (QED) is 0.884. The smallest absolute Gasteiger partial charge is 0.276 e. The van der Waals surface area contributed by atoms with E-state index in [4.69, 9.17) is 0 Å². The first kappa shape index (κ1) is 13.9. The van der Waals surface area contributed by atoms with Gasteiger partial charge in [0.1, 0.15) is 5.82 Å². The van der Waals surface area contributed by atoms with E-state index in [-0.39, 0.29) is 12.3 Å². The van der Waals surface area contributed by atoms with E-state index < -0.39 is 17.3 Å². The van der Waals surface area contributed by atoms with Gasteiger partial charge in [0, 0.05) is 10.9 Å². The van der Waals surface area contributed by atoms with Gasteiger partial charge in [0.15, 0.2) is 0 Å². The van der Waals surface area contributed by atoms with Gasteiger partial charge in [0.05, 0.1) is 5.56 Å². The second kappa shape index (κ2) is 5.61. The van der Waals surface area contributed by atoms with Crippen LogP contribution in [0, 0.1) is 11.7 Å². The second-order valence-electron chi connectivity index (χ2n) is 4.73. The second-order valence-corrected chi connectivity index (χ2v) is 5.64. The van der Waals surface area contributed by atoms with E-state index in [1.54, 1.807) is 0 Å². The molecule has 0 atom stereocenters. The molecular formula is C13H15BrF3N. The van der Waals surface area contributed by atoms with Gasteiger partial charge in [-0.1, -0.05) is 15.9 Å². The van der Waals surface area contributed by atoms with Crippen molar-refractivity contribution in [2.75, 3.05) is 13.1 Å². The lowest BCUT2D eigenvalue weighted by Crippen LogP contribution is -2.31. The summed E-state index contributed by atoms with van der Waals surface area (Å²) in [5, 5.41) is 3.13. The summed E-state index contributed by atoms with van der Waals surface area (Å²) >= 11 is 3.10. The molecule has 1 saturated heterocycles. The SMILES string of the molecule is Fc1ccc(Br)cc1C(F)(F)CC1CCNCC1. The van der Waals surface area contributed by atoms with E-state index >= 15 is 0 Å². The Balaban J connectivity index is 2.15. The van der Waals surface area contributed by atoms with Crippen LogP contribution < -0.4 is 5.32 Å². The molecule has 1 aliphatic rings. The van der Waals surface area contributed by atoms with Crippen LogP contribution in [0.15, 0.2) is 22.7 Å². The highest BCUT2D eigenvalue weighted by Gasteiger charge is 2.37. The number of nitrogens with one attached hydrogen (secondary N) is 1. The number of hydrogen-bond donors (Lipinski definition) is 1. The maximum absolute atomic E-state index is 14.1. The van der Waals surface area contributed by atoms with Gasteiger partial charge in [-0.25, -0.2) is 13.2 Å². The Morgan fingerprint density at radius 1 is 1.28 bits per heavy atom. The fraction of sp³-hybridized carbons (Fsp3) is 0.538. The van der Waals surface area contributed by atoms with Crippen molar-refractivity contribution in [3.8, 4) is 0 Å². The number of alkyl halides is 2. The van der Waals surface area contributed by atoms with E-state index in [1.165, 1.54) is 12.1 Å². The lowest BCUT2D eigenvalue weighted by Gasteiger charge is -2.27.